The van der Waals surface area contributed by atoms with Crippen LogP contribution in [0.1, 0.15) is 49.4 Å². The maximum absolute atomic E-state index is 12.4. The summed E-state index contributed by atoms with van der Waals surface area (Å²) in [6, 6.07) is 1.49. The minimum atomic E-state index is -1.11. The molecule has 0 unspecified atom stereocenters. The number of esters is 1. The van der Waals surface area contributed by atoms with Crippen LogP contribution in [0, 0.1) is 11.8 Å². The Morgan fingerprint density at radius 1 is 1.24 bits per heavy atom. The maximum atomic E-state index is 12.4. The van der Waals surface area contributed by atoms with Gasteiger partial charge in [-0.1, -0.05) is 12.8 Å². The summed E-state index contributed by atoms with van der Waals surface area (Å²) in [6.45, 7) is 1.35. The van der Waals surface area contributed by atoms with Crippen LogP contribution in [0.2, 0.25) is 0 Å². The van der Waals surface area contributed by atoms with Gasteiger partial charge < -0.3 is 15.8 Å². The lowest BCUT2D eigenvalue weighted by Gasteiger charge is -2.19. The van der Waals surface area contributed by atoms with Gasteiger partial charge in [-0.05, 0) is 31.2 Å². The molecule has 3 rings (SSSR count). The molecule has 156 valence electrons. The monoisotopic (exact) mass is 421 g/mol. The van der Waals surface area contributed by atoms with Crippen molar-refractivity contribution in [1.82, 2.24) is 4.90 Å². The van der Waals surface area contributed by atoms with Gasteiger partial charge in [0.05, 0.1) is 23.8 Å². The fraction of sp³-hybridized carbons (Fsp3) is 0.526. The topological polar surface area (TPSA) is 136 Å². The van der Waals surface area contributed by atoms with Crippen LogP contribution in [0.25, 0.3) is 0 Å². The highest BCUT2D eigenvalue weighted by molar-refractivity contribution is 7.14. The second kappa shape index (κ2) is 8.73. The number of nitrogens with one attached hydrogen (secondary N) is 1. The van der Waals surface area contributed by atoms with E-state index in [2.05, 4.69) is 5.32 Å². The summed E-state index contributed by atoms with van der Waals surface area (Å²) in [5, 5.41) is 4.39. The number of hydrogen-bond donors (Lipinski definition) is 2. The van der Waals surface area contributed by atoms with Gasteiger partial charge >= 0.3 is 5.97 Å². The third kappa shape index (κ3) is 4.47. The molecule has 4 amide bonds. The molecule has 0 aromatic carbocycles. The van der Waals surface area contributed by atoms with Gasteiger partial charge in [-0.2, -0.15) is 0 Å². The fourth-order valence-corrected chi connectivity index (χ4v) is 4.57. The van der Waals surface area contributed by atoms with E-state index in [1.165, 1.54) is 13.0 Å². The molecule has 0 radical (unpaired) electrons. The van der Waals surface area contributed by atoms with Crippen molar-refractivity contribution in [3.63, 3.8) is 0 Å². The summed E-state index contributed by atoms with van der Waals surface area (Å²) in [6.07, 6.45) is 2.00. The van der Waals surface area contributed by atoms with Crippen molar-refractivity contribution in [2.75, 3.05) is 11.9 Å². The summed E-state index contributed by atoms with van der Waals surface area (Å²) < 4.78 is 5.10. The molecule has 1 saturated heterocycles. The quantitative estimate of drug-likeness (QED) is 0.503. The van der Waals surface area contributed by atoms with Crippen LogP contribution in [0.5, 0.6) is 0 Å². The molecule has 3 atom stereocenters. The number of fused-ring (bicyclic) bond motifs is 1. The van der Waals surface area contributed by atoms with E-state index in [1.807, 2.05) is 0 Å². The highest BCUT2D eigenvalue weighted by Gasteiger charge is 2.47. The van der Waals surface area contributed by atoms with Crippen molar-refractivity contribution in [2.24, 2.45) is 17.6 Å². The molecule has 2 fully saturated rings. The lowest BCUT2D eigenvalue weighted by molar-refractivity contribution is -0.154. The molecule has 3 N–H and O–H groups in total. The minimum absolute atomic E-state index is 0.0470. The molecule has 29 heavy (non-hydrogen) atoms. The first-order valence-corrected chi connectivity index (χ1v) is 10.4. The minimum Gasteiger partial charge on any atom is -0.452 e. The van der Waals surface area contributed by atoms with Crippen molar-refractivity contribution in [1.29, 1.82) is 0 Å². The zero-order valence-corrected chi connectivity index (χ0v) is 16.8. The van der Waals surface area contributed by atoms with Crippen molar-refractivity contribution in [2.45, 2.75) is 45.1 Å². The normalized spacial score (nSPS) is 22.2. The molecule has 2 heterocycles. The number of thiophene rings is 1. The molecular weight excluding hydrogens is 398 g/mol. The van der Waals surface area contributed by atoms with Crippen molar-refractivity contribution in [3.8, 4) is 0 Å². The van der Waals surface area contributed by atoms with Crippen molar-refractivity contribution < 1.29 is 28.7 Å². The Kier molecular flexibility index (Phi) is 6.31. The van der Waals surface area contributed by atoms with Crippen LogP contribution in [0.4, 0.5) is 5.00 Å². The van der Waals surface area contributed by atoms with Crippen LogP contribution < -0.4 is 11.1 Å². The van der Waals surface area contributed by atoms with E-state index in [0.29, 0.717) is 12.8 Å². The van der Waals surface area contributed by atoms with E-state index < -0.39 is 23.9 Å². The standard InChI is InChI=1S/C19H23N3O6S/c1-10(16(25)21-17-13(15(20)24)7-9-29-17)28-14(23)6-8-22-18(26)11-4-2-3-5-12(11)19(22)27/h7,9-12H,2-6,8H2,1H3,(H2,20,24)(H,21,25)/t10-,11-,12+/m1/s1. The Bertz CT molecular complexity index is 827. The number of nitrogens with two attached hydrogens (primary N) is 1. The van der Waals surface area contributed by atoms with Crippen LogP contribution in [-0.4, -0.2) is 47.1 Å². The van der Waals surface area contributed by atoms with E-state index in [-0.39, 0.29) is 47.2 Å². The lowest BCUT2D eigenvalue weighted by Crippen LogP contribution is -2.35. The van der Waals surface area contributed by atoms with Gasteiger partial charge in [0, 0.05) is 6.54 Å². The number of rotatable bonds is 7. The number of ether oxygens (including phenoxy) is 1. The number of anilines is 1. The Hall–Kier alpha value is -2.75. The number of hydrogen-bond acceptors (Lipinski definition) is 7. The first-order valence-electron chi connectivity index (χ1n) is 9.52. The predicted octanol–water partition coefficient (Wildman–Crippen LogP) is 1.28. The van der Waals surface area contributed by atoms with Gasteiger partial charge in [-0.15, -0.1) is 11.3 Å². The molecule has 1 aliphatic carbocycles. The number of carbonyl (C=O) groups excluding carboxylic acids is 5. The first-order chi connectivity index (χ1) is 13.8. The maximum Gasteiger partial charge on any atom is 0.308 e. The van der Waals surface area contributed by atoms with Crippen molar-refractivity contribution >= 4 is 45.9 Å². The zero-order valence-electron chi connectivity index (χ0n) is 16.0. The van der Waals surface area contributed by atoms with Gasteiger partial charge in [0.2, 0.25) is 11.8 Å². The summed E-state index contributed by atoms with van der Waals surface area (Å²) >= 11 is 1.12. The molecule has 0 bridgehead atoms. The SMILES string of the molecule is C[C@@H](OC(=O)CCN1C(=O)[C@H]2CCCC[C@H]2C1=O)C(=O)Nc1sccc1C(N)=O. The van der Waals surface area contributed by atoms with E-state index >= 15 is 0 Å². The van der Waals surface area contributed by atoms with Crippen molar-refractivity contribution in [3.05, 3.63) is 17.0 Å². The molecule has 9 nitrogen and oxygen atoms in total. The Labute approximate surface area is 171 Å². The Morgan fingerprint density at radius 3 is 2.45 bits per heavy atom. The molecule has 1 aromatic rings. The number of carbonyl (C=O) groups is 5. The van der Waals surface area contributed by atoms with E-state index in [9.17, 15) is 24.0 Å². The third-order valence-electron chi connectivity index (χ3n) is 5.32. The van der Waals surface area contributed by atoms with Crippen LogP contribution in [-0.2, 0) is 23.9 Å². The highest BCUT2D eigenvalue weighted by atomic mass is 32.1. The molecule has 1 saturated carbocycles. The second-order valence-corrected chi connectivity index (χ2v) is 8.14. The average molecular weight is 421 g/mol. The van der Waals surface area contributed by atoms with Crippen LogP contribution in [0.3, 0.4) is 0 Å². The predicted molar refractivity (Wildman–Crippen MR) is 104 cm³/mol. The smallest absolute Gasteiger partial charge is 0.308 e. The van der Waals surface area contributed by atoms with Gasteiger partial charge in [0.15, 0.2) is 6.10 Å². The Morgan fingerprint density at radius 2 is 1.86 bits per heavy atom. The lowest BCUT2D eigenvalue weighted by atomic mass is 9.81. The van der Waals surface area contributed by atoms with E-state index in [1.54, 1.807) is 5.38 Å². The second-order valence-electron chi connectivity index (χ2n) is 7.22. The van der Waals surface area contributed by atoms with E-state index in [0.717, 1.165) is 29.1 Å². The average Bonchev–Trinajstić information content (AvgIpc) is 3.24. The highest BCUT2D eigenvalue weighted by Crippen LogP contribution is 2.38. The number of primary amides is 1. The number of imide groups is 1. The molecule has 10 heteroatoms. The molecule has 2 aliphatic rings. The van der Waals surface area contributed by atoms with Gasteiger partial charge in [-0.25, -0.2) is 0 Å². The summed E-state index contributed by atoms with van der Waals surface area (Å²) in [5.41, 5.74) is 5.40. The van der Waals surface area contributed by atoms with Gasteiger partial charge in [0.25, 0.3) is 11.8 Å². The number of likely N-dealkylation sites (tertiary alicyclic amines) is 1. The first kappa shape index (κ1) is 21.0. The fourth-order valence-electron chi connectivity index (χ4n) is 3.78. The van der Waals surface area contributed by atoms with Gasteiger partial charge in [0.1, 0.15) is 5.00 Å². The molecule has 0 spiro atoms. The summed E-state index contributed by atoms with van der Waals surface area (Å²) in [7, 11) is 0. The number of nitrogens with zero attached hydrogens (tertiary/aromatic N) is 1. The third-order valence-corrected chi connectivity index (χ3v) is 6.15. The molecule has 1 aromatic heterocycles. The van der Waals surface area contributed by atoms with E-state index in [4.69, 9.17) is 10.5 Å². The molecular formula is C19H23N3O6S. The zero-order chi connectivity index (χ0) is 21.1. The largest absolute Gasteiger partial charge is 0.452 e. The Balaban J connectivity index is 1.49. The van der Waals surface area contributed by atoms with Gasteiger partial charge in [-0.3, -0.25) is 28.9 Å². The summed E-state index contributed by atoms with van der Waals surface area (Å²) in [5.74, 6) is -2.92. The van der Waals surface area contributed by atoms with Crippen LogP contribution in [0.15, 0.2) is 11.4 Å². The van der Waals surface area contributed by atoms with Crippen LogP contribution >= 0.6 is 11.3 Å². The summed E-state index contributed by atoms with van der Waals surface area (Å²) in [4.78, 5) is 61.6. The molecule has 1 aliphatic heterocycles. The number of amides is 4.